The number of halogens is 1. The summed E-state index contributed by atoms with van der Waals surface area (Å²) in [5.41, 5.74) is 0.0801. The number of aromatic nitrogens is 3. The van der Waals surface area contributed by atoms with E-state index in [-0.39, 0.29) is 27.7 Å². The summed E-state index contributed by atoms with van der Waals surface area (Å²) >= 11 is 6.08. The third-order valence-electron chi connectivity index (χ3n) is 3.38. The minimum Gasteiger partial charge on any atom is -0.506 e. The summed E-state index contributed by atoms with van der Waals surface area (Å²) in [6.45, 7) is 0.647. The van der Waals surface area contributed by atoms with Gasteiger partial charge in [-0.2, -0.15) is 9.94 Å². The van der Waals surface area contributed by atoms with Crippen LogP contribution in [0.2, 0.25) is 5.02 Å². The zero-order valence-corrected chi connectivity index (χ0v) is 11.3. The molecule has 0 saturated heterocycles. The van der Waals surface area contributed by atoms with E-state index in [1.54, 1.807) is 4.57 Å². The van der Waals surface area contributed by atoms with Gasteiger partial charge in [-0.25, -0.2) is 4.79 Å². The van der Waals surface area contributed by atoms with Crippen molar-refractivity contribution in [3.05, 3.63) is 39.0 Å². The monoisotopic (exact) mass is 290 g/mol. The van der Waals surface area contributed by atoms with E-state index in [0.29, 0.717) is 6.54 Å². The number of benzene rings is 1. The fourth-order valence-corrected chi connectivity index (χ4v) is 2.60. The van der Waals surface area contributed by atoms with Gasteiger partial charge in [0.05, 0.1) is 16.3 Å². The first-order valence-corrected chi connectivity index (χ1v) is 6.61. The van der Waals surface area contributed by atoms with E-state index >= 15 is 0 Å². The van der Waals surface area contributed by atoms with Crippen LogP contribution < -0.4 is 5.69 Å². The van der Waals surface area contributed by atoms with Gasteiger partial charge in [0.1, 0.15) is 17.6 Å². The molecule has 6 nitrogen and oxygen atoms in total. The van der Waals surface area contributed by atoms with Crippen molar-refractivity contribution in [1.82, 2.24) is 14.3 Å². The minimum atomic E-state index is -0.272. The lowest BCUT2D eigenvalue weighted by Gasteiger charge is -2.09. The normalized spacial score (nSPS) is 13.8. The number of aryl methyl sites for hydroxylation is 1. The second-order valence-corrected chi connectivity index (χ2v) is 5.06. The molecule has 1 aliphatic heterocycles. The maximum Gasteiger partial charge on any atom is 0.350 e. The summed E-state index contributed by atoms with van der Waals surface area (Å²) in [6.07, 6.45) is 2.70. The SMILES string of the molecule is N#Cc1cc(Cl)c(-n2nc3n(c2=O)CCCC3)cc1O. The van der Waals surface area contributed by atoms with Gasteiger partial charge in [-0.3, -0.25) is 4.57 Å². The third kappa shape index (κ3) is 1.87. The Kier molecular flexibility index (Phi) is 2.99. The molecular weight excluding hydrogens is 280 g/mol. The number of phenolic OH excluding ortho intramolecular Hbond substituents is 1. The number of fused-ring (bicyclic) bond motifs is 1. The number of rotatable bonds is 1. The zero-order valence-electron chi connectivity index (χ0n) is 10.5. The second-order valence-electron chi connectivity index (χ2n) is 4.65. The molecule has 1 aliphatic rings. The van der Waals surface area contributed by atoms with Crippen LogP contribution in [0.25, 0.3) is 5.69 Å². The van der Waals surface area contributed by atoms with Crippen LogP contribution in [0.1, 0.15) is 24.2 Å². The van der Waals surface area contributed by atoms with Gasteiger partial charge in [0.2, 0.25) is 0 Å². The van der Waals surface area contributed by atoms with Crippen LogP contribution in [0, 0.1) is 11.3 Å². The molecule has 0 unspecified atom stereocenters. The van der Waals surface area contributed by atoms with Crippen molar-refractivity contribution in [2.45, 2.75) is 25.8 Å². The number of nitriles is 1. The minimum absolute atomic E-state index is 0.0655. The van der Waals surface area contributed by atoms with Crippen LogP contribution in [0.4, 0.5) is 0 Å². The van der Waals surface area contributed by atoms with Gasteiger partial charge in [0.15, 0.2) is 0 Å². The van der Waals surface area contributed by atoms with E-state index in [1.807, 2.05) is 6.07 Å². The Labute approximate surface area is 119 Å². The Hall–Kier alpha value is -2.26. The molecule has 2 aromatic rings. The molecule has 0 spiro atoms. The second kappa shape index (κ2) is 4.69. The van der Waals surface area contributed by atoms with Crippen molar-refractivity contribution in [2.24, 2.45) is 0 Å². The van der Waals surface area contributed by atoms with Gasteiger partial charge in [-0.1, -0.05) is 11.6 Å². The quantitative estimate of drug-likeness (QED) is 0.864. The van der Waals surface area contributed by atoms with E-state index < -0.39 is 0 Å². The maximum atomic E-state index is 12.3. The van der Waals surface area contributed by atoms with Crippen LogP contribution in [0.5, 0.6) is 5.75 Å². The summed E-state index contributed by atoms with van der Waals surface area (Å²) in [4.78, 5) is 12.3. The van der Waals surface area contributed by atoms with E-state index in [9.17, 15) is 9.90 Å². The molecule has 0 saturated carbocycles. The lowest BCUT2D eigenvalue weighted by Crippen LogP contribution is -2.26. The lowest BCUT2D eigenvalue weighted by atomic mass is 10.2. The van der Waals surface area contributed by atoms with Crippen molar-refractivity contribution in [3.63, 3.8) is 0 Å². The first-order valence-electron chi connectivity index (χ1n) is 6.23. The summed E-state index contributed by atoms with van der Waals surface area (Å²) < 4.78 is 2.80. The predicted molar refractivity (Wildman–Crippen MR) is 72.2 cm³/mol. The molecule has 1 aromatic heterocycles. The Bertz CT molecular complexity index is 785. The molecule has 0 atom stereocenters. The number of phenols is 1. The van der Waals surface area contributed by atoms with Crippen LogP contribution in [-0.4, -0.2) is 19.5 Å². The van der Waals surface area contributed by atoms with Crippen molar-refractivity contribution < 1.29 is 5.11 Å². The van der Waals surface area contributed by atoms with Gasteiger partial charge in [0, 0.05) is 19.0 Å². The molecule has 2 heterocycles. The molecule has 1 aromatic carbocycles. The van der Waals surface area contributed by atoms with Crippen molar-refractivity contribution >= 4 is 11.6 Å². The summed E-state index contributed by atoms with van der Waals surface area (Å²) in [6, 6.07) is 4.45. The van der Waals surface area contributed by atoms with E-state index in [2.05, 4.69) is 5.10 Å². The number of hydrogen-bond acceptors (Lipinski definition) is 4. The Balaban J connectivity index is 2.20. The molecule has 7 heteroatoms. The molecule has 0 amide bonds. The van der Waals surface area contributed by atoms with Crippen LogP contribution in [0.3, 0.4) is 0 Å². The van der Waals surface area contributed by atoms with Gasteiger partial charge < -0.3 is 5.11 Å². The zero-order chi connectivity index (χ0) is 14.3. The smallest absolute Gasteiger partial charge is 0.350 e. The maximum absolute atomic E-state index is 12.3. The highest BCUT2D eigenvalue weighted by Gasteiger charge is 2.19. The molecule has 0 radical (unpaired) electrons. The number of nitrogens with zero attached hydrogens (tertiary/aromatic N) is 4. The Morgan fingerprint density at radius 2 is 2.20 bits per heavy atom. The number of aromatic hydroxyl groups is 1. The largest absolute Gasteiger partial charge is 0.506 e. The highest BCUT2D eigenvalue weighted by atomic mass is 35.5. The summed E-state index contributed by atoms with van der Waals surface area (Å²) in [5.74, 6) is 0.505. The van der Waals surface area contributed by atoms with Crippen molar-refractivity contribution in [1.29, 1.82) is 5.26 Å². The summed E-state index contributed by atoms with van der Waals surface area (Å²) in [7, 11) is 0. The fourth-order valence-electron chi connectivity index (χ4n) is 2.36. The van der Waals surface area contributed by atoms with Crippen molar-refractivity contribution in [2.75, 3.05) is 0 Å². The van der Waals surface area contributed by atoms with E-state index in [1.165, 1.54) is 16.8 Å². The lowest BCUT2D eigenvalue weighted by molar-refractivity contribution is 0.473. The average Bonchev–Trinajstić information content (AvgIpc) is 2.78. The highest BCUT2D eigenvalue weighted by Crippen LogP contribution is 2.27. The molecule has 3 rings (SSSR count). The fraction of sp³-hybridized carbons (Fsp3) is 0.308. The standard InChI is InChI=1S/C13H11ClN4O2/c14-9-5-8(7-15)11(19)6-10(9)18-13(20)17-4-2-1-3-12(17)16-18/h5-6,19H,1-4H2. The van der Waals surface area contributed by atoms with Crippen molar-refractivity contribution in [3.8, 4) is 17.5 Å². The molecular formula is C13H11ClN4O2. The molecule has 102 valence electrons. The van der Waals surface area contributed by atoms with Crippen LogP contribution in [0.15, 0.2) is 16.9 Å². The molecule has 1 N–H and O–H groups in total. The first-order chi connectivity index (χ1) is 9.61. The molecule has 0 aliphatic carbocycles. The Morgan fingerprint density at radius 3 is 2.90 bits per heavy atom. The highest BCUT2D eigenvalue weighted by molar-refractivity contribution is 6.32. The van der Waals surface area contributed by atoms with Gasteiger partial charge >= 0.3 is 5.69 Å². The van der Waals surface area contributed by atoms with Gasteiger partial charge in [-0.15, -0.1) is 5.10 Å². The van der Waals surface area contributed by atoms with Gasteiger partial charge in [-0.05, 0) is 18.9 Å². The van der Waals surface area contributed by atoms with E-state index in [0.717, 1.165) is 25.1 Å². The third-order valence-corrected chi connectivity index (χ3v) is 3.69. The Morgan fingerprint density at radius 1 is 1.40 bits per heavy atom. The van der Waals surface area contributed by atoms with Crippen LogP contribution >= 0.6 is 11.6 Å². The van der Waals surface area contributed by atoms with E-state index in [4.69, 9.17) is 16.9 Å². The molecule has 0 bridgehead atoms. The van der Waals surface area contributed by atoms with Crippen LogP contribution in [-0.2, 0) is 13.0 Å². The molecule has 0 fully saturated rings. The molecule has 20 heavy (non-hydrogen) atoms. The number of hydrogen-bond donors (Lipinski definition) is 1. The topological polar surface area (TPSA) is 83.8 Å². The average molecular weight is 291 g/mol. The summed E-state index contributed by atoms with van der Waals surface area (Å²) in [5, 5.41) is 23.0. The first kappa shape index (κ1) is 12.8. The predicted octanol–water partition coefficient (Wildman–Crippen LogP) is 1.60. The van der Waals surface area contributed by atoms with Gasteiger partial charge in [0.25, 0.3) is 0 Å².